The van der Waals surface area contributed by atoms with Crippen LogP contribution in [0.5, 0.6) is 0 Å². The Bertz CT molecular complexity index is 460. The second-order valence-electron chi connectivity index (χ2n) is 4.39. The van der Waals surface area contributed by atoms with Crippen molar-refractivity contribution in [3.63, 3.8) is 0 Å². The summed E-state index contributed by atoms with van der Waals surface area (Å²) in [5, 5.41) is 5.78. The number of rotatable bonds is 4. The van der Waals surface area contributed by atoms with Crippen molar-refractivity contribution in [2.75, 3.05) is 13.6 Å². The zero-order chi connectivity index (χ0) is 11.4. The van der Waals surface area contributed by atoms with E-state index in [0.29, 0.717) is 5.92 Å². The van der Waals surface area contributed by atoms with Crippen molar-refractivity contribution >= 4 is 10.8 Å². The third kappa shape index (κ3) is 2.39. The van der Waals surface area contributed by atoms with Crippen LogP contribution in [0.2, 0.25) is 0 Å². The number of aromatic nitrogens is 1. The normalized spacial score (nSPS) is 12.9. The monoisotopic (exact) mass is 214 g/mol. The highest BCUT2D eigenvalue weighted by molar-refractivity contribution is 5.84. The van der Waals surface area contributed by atoms with Crippen LogP contribution in [0.15, 0.2) is 36.7 Å². The van der Waals surface area contributed by atoms with Crippen molar-refractivity contribution in [1.82, 2.24) is 10.3 Å². The molecule has 1 unspecified atom stereocenters. The van der Waals surface area contributed by atoms with Crippen molar-refractivity contribution in [2.45, 2.75) is 13.3 Å². The molecule has 0 saturated carbocycles. The second kappa shape index (κ2) is 5.08. The lowest BCUT2D eigenvalue weighted by molar-refractivity contribution is 0.543. The Hall–Kier alpha value is -1.41. The molecule has 2 heteroatoms. The minimum absolute atomic E-state index is 0.637. The van der Waals surface area contributed by atoms with Crippen LogP contribution in [0.1, 0.15) is 12.5 Å². The van der Waals surface area contributed by atoms with Gasteiger partial charge in [0.1, 0.15) is 0 Å². The number of nitrogens with zero attached hydrogens (tertiary/aromatic N) is 1. The SMILES string of the molecule is CNCC(C)Cc1cncc2ccccc12. The van der Waals surface area contributed by atoms with E-state index in [1.807, 2.05) is 19.4 Å². The molecule has 0 spiro atoms. The first kappa shape index (κ1) is 11.1. The van der Waals surface area contributed by atoms with Gasteiger partial charge in [-0.2, -0.15) is 0 Å². The Morgan fingerprint density at radius 3 is 2.88 bits per heavy atom. The van der Waals surface area contributed by atoms with Gasteiger partial charge in [0.05, 0.1) is 0 Å². The van der Waals surface area contributed by atoms with Crippen LogP contribution in [0.3, 0.4) is 0 Å². The lowest BCUT2D eigenvalue weighted by atomic mass is 9.98. The Morgan fingerprint density at radius 2 is 2.06 bits per heavy atom. The lowest BCUT2D eigenvalue weighted by Gasteiger charge is -2.12. The Balaban J connectivity index is 2.30. The molecule has 0 aliphatic rings. The predicted octanol–water partition coefficient (Wildman–Crippen LogP) is 2.63. The van der Waals surface area contributed by atoms with Crippen molar-refractivity contribution in [1.29, 1.82) is 0 Å². The van der Waals surface area contributed by atoms with E-state index < -0.39 is 0 Å². The summed E-state index contributed by atoms with van der Waals surface area (Å²) in [6.07, 6.45) is 5.01. The molecule has 1 aromatic heterocycles. The molecule has 2 rings (SSSR count). The molecule has 1 aromatic carbocycles. The van der Waals surface area contributed by atoms with E-state index in [2.05, 4.69) is 41.5 Å². The minimum atomic E-state index is 0.637. The second-order valence-corrected chi connectivity index (χ2v) is 4.39. The summed E-state index contributed by atoms with van der Waals surface area (Å²) in [6.45, 7) is 3.31. The first-order chi connectivity index (χ1) is 7.81. The van der Waals surface area contributed by atoms with E-state index >= 15 is 0 Å². The van der Waals surface area contributed by atoms with Crippen LogP contribution < -0.4 is 5.32 Å². The van der Waals surface area contributed by atoms with Gasteiger partial charge >= 0.3 is 0 Å². The fourth-order valence-electron chi connectivity index (χ4n) is 2.14. The van der Waals surface area contributed by atoms with Gasteiger partial charge in [-0.25, -0.2) is 0 Å². The Morgan fingerprint density at radius 1 is 1.25 bits per heavy atom. The van der Waals surface area contributed by atoms with Crippen molar-refractivity contribution in [3.8, 4) is 0 Å². The third-order valence-corrected chi connectivity index (χ3v) is 2.87. The molecular formula is C14H18N2. The number of fused-ring (bicyclic) bond motifs is 1. The highest BCUT2D eigenvalue weighted by Gasteiger charge is 2.06. The predicted molar refractivity (Wildman–Crippen MR) is 68.5 cm³/mol. The summed E-state index contributed by atoms with van der Waals surface area (Å²) in [5.41, 5.74) is 1.35. The van der Waals surface area contributed by atoms with E-state index in [0.717, 1.165) is 13.0 Å². The topological polar surface area (TPSA) is 24.9 Å². The molecule has 2 nitrogen and oxygen atoms in total. The van der Waals surface area contributed by atoms with Crippen molar-refractivity contribution < 1.29 is 0 Å². The molecule has 1 heterocycles. The molecule has 0 radical (unpaired) electrons. The van der Waals surface area contributed by atoms with Gasteiger partial charge in [-0.3, -0.25) is 4.98 Å². The van der Waals surface area contributed by atoms with E-state index in [9.17, 15) is 0 Å². The summed E-state index contributed by atoms with van der Waals surface area (Å²) < 4.78 is 0. The Labute approximate surface area is 96.7 Å². The van der Waals surface area contributed by atoms with E-state index in [1.165, 1.54) is 16.3 Å². The molecular weight excluding hydrogens is 196 g/mol. The number of hydrogen-bond donors (Lipinski definition) is 1. The summed E-state index contributed by atoms with van der Waals surface area (Å²) >= 11 is 0. The molecule has 0 aliphatic carbocycles. The van der Waals surface area contributed by atoms with Gasteiger partial charge < -0.3 is 5.32 Å². The molecule has 0 bridgehead atoms. The lowest BCUT2D eigenvalue weighted by Crippen LogP contribution is -2.18. The maximum atomic E-state index is 4.31. The number of hydrogen-bond acceptors (Lipinski definition) is 2. The van der Waals surface area contributed by atoms with Gasteiger partial charge in [0.2, 0.25) is 0 Å². The molecule has 0 fully saturated rings. The highest BCUT2D eigenvalue weighted by atomic mass is 14.8. The summed E-state index contributed by atoms with van der Waals surface area (Å²) in [6, 6.07) is 8.45. The average molecular weight is 214 g/mol. The van der Waals surface area contributed by atoms with Crippen LogP contribution in [0.4, 0.5) is 0 Å². The maximum absolute atomic E-state index is 4.31. The van der Waals surface area contributed by atoms with E-state index in [-0.39, 0.29) is 0 Å². The summed E-state index contributed by atoms with van der Waals surface area (Å²) in [4.78, 5) is 4.31. The quantitative estimate of drug-likeness (QED) is 0.846. The fraction of sp³-hybridized carbons (Fsp3) is 0.357. The zero-order valence-corrected chi connectivity index (χ0v) is 9.90. The van der Waals surface area contributed by atoms with Crippen LogP contribution in [0.25, 0.3) is 10.8 Å². The number of pyridine rings is 1. The van der Waals surface area contributed by atoms with Crippen molar-refractivity contribution in [3.05, 3.63) is 42.2 Å². The van der Waals surface area contributed by atoms with Gasteiger partial charge in [0, 0.05) is 17.8 Å². The molecule has 1 atom stereocenters. The van der Waals surface area contributed by atoms with Crippen LogP contribution in [-0.4, -0.2) is 18.6 Å². The first-order valence-corrected chi connectivity index (χ1v) is 5.77. The molecule has 1 N–H and O–H groups in total. The fourth-order valence-corrected chi connectivity index (χ4v) is 2.14. The summed E-state index contributed by atoms with van der Waals surface area (Å²) in [7, 11) is 2.00. The van der Waals surface area contributed by atoms with Gasteiger partial charge in [-0.15, -0.1) is 0 Å². The number of benzene rings is 1. The molecule has 2 aromatic rings. The molecule has 0 amide bonds. The number of nitrogens with one attached hydrogen (secondary N) is 1. The Kier molecular flexibility index (Phi) is 3.52. The first-order valence-electron chi connectivity index (χ1n) is 5.77. The molecule has 0 aliphatic heterocycles. The average Bonchev–Trinajstić information content (AvgIpc) is 2.30. The minimum Gasteiger partial charge on any atom is -0.319 e. The van der Waals surface area contributed by atoms with Gasteiger partial charge in [0.25, 0.3) is 0 Å². The maximum Gasteiger partial charge on any atom is 0.0346 e. The van der Waals surface area contributed by atoms with Crippen LogP contribution in [-0.2, 0) is 6.42 Å². The van der Waals surface area contributed by atoms with E-state index in [1.54, 1.807) is 0 Å². The largest absolute Gasteiger partial charge is 0.319 e. The molecule has 84 valence electrons. The highest BCUT2D eigenvalue weighted by Crippen LogP contribution is 2.19. The van der Waals surface area contributed by atoms with Gasteiger partial charge in [0.15, 0.2) is 0 Å². The summed E-state index contributed by atoms with van der Waals surface area (Å²) in [5.74, 6) is 0.637. The van der Waals surface area contributed by atoms with Gasteiger partial charge in [-0.1, -0.05) is 31.2 Å². The molecule has 0 saturated heterocycles. The molecule has 16 heavy (non-hydrogen) atoms. The smallest absolute Gasteiger partial charge is 0.0346 e. The van der Waals surface area contributed by atoms with Crippen LogP contribution in [0, 0.1) is 5.92 Å². The van der Waals surface area contributed by atoms with Gasteiger partial charge in [-0.05, 0) is 36.9 Å². The van der Waals surface area contributed by atoms with E-state index in [4.69, 9.17) is 0 Å². The van der Waals surface area contributed by atoms with Crippen molar-refractivity contribution in [2.24, 2.45) is 5.92 Å². The third-order valence-electron chi connectivity index (χ3n) is 2.87. The zero-order valence-electron chi connectivity index (χ0n) is 9.90. The standard InChI is InChI=1S/C14H18N2/c1-11(8-15-2)7-13-10-16-9-12-5-3-4-6-14(12)13/h3-6,9-11,15H,7-8H2,1-2H3. The van der Waals surface area contributed by atoms with Crippen LogP contribution >= 0.6 is 0 Å².